The lowest BCUT2D eigenvalue weighted by molar-refractivity contribution is 0.415. The molecule has 0 bridgehead atoms. The molecule has 0 fully saturated rings. The minimum Gasteiger partial charge on any atom is -0.497 e. The first kappa shape index (κ1) is 11.1. The predicted molar refractivity (Wildman–Crippen MR) is 72.0 cm³/mol. The van der Waals surface area contributed by atoms with E-state index in [0.717, 1.165) is 35.8 Å². The lowest BCUT2D eigenvalue weighted by atomic mass is 10.0. The Kier molecular flexibility index (Phi) is 2.70. The first-order valence-corrected chi connectivity index (χ1v) is 6.24. The fraction of sp³-hybridized carbons (Fsp3) is 0.357. The van der Waals surface area contributed by atoms with Gasteiger partial charge in [0.1, 0.15) is 11.6 Å². The van der Waals surface area contributed by atoms with Gasteiger partial charge in [0, 0.05) is 24.7 Å². The quantitative estimate of drug-likeness (QED) is 0.880. The second-order valence-electron chi connectivity index (χ2n) is 4.56. The molecule has 1 aliphatic heterocycles. The van der Waals surface area contributed by atoms with Gasteiger partial charge in [-0.3, -0.25) is 4.68 Å². The van der Waals surface area contributed by atoms with Crippen LogP contribution in [-0.2, 0) is 13.5 Å². The van der Waals surface area contributed by atoms with E-state index in [2.05, 4.69) is 22.5 Å². The van der Waals surface area contributed by atoms with Crippen LogP contribution in [0.25, 0.3) is 11.3 Å². The summed E-state index contributed by atoms with van der Waals surface area (Å²) in [7, 11) is 3.67. The van der Waals surface area contributed by atoms with Crippen molar-refractivity contribution in [1.29, 1.82) is 0 Å². The summed E-state index contributed by atoms with van der Waals surface area (Å²) in [6.45, 7) is 1.04. The van der Waals surface area contributed by atoms with Crippen molar-refractivity contribution in [2.75, 3.05) is 19.0 Å². The molecule has 1 aliphatic rings. The number of ether oxygens (including phenoxy) is 1. The summed E-state index contributed by atoms with van der Waals surface area (Å²) in [6, 6.07) is 8.09. The van der Waals surface area contributed by atoms with Crippen LogP contribution in [0, 0.1) is 0 Å². The molecule has 0 aliphatic carbocycles. The number of anilines is 1. The van der Waals surface area contributed by atoms with E-state index in [-0.39, 0.29) is 0 Å². The minimum absolute atomic E-state index is 0.877. The van der Waals surface area contributed by atoms with Crippen LogP contribution in [0.5, 0.6) is 5.75 Å². The molecule has 2 aromatic rings. The highest BCUT2D eigenvalue weighted by Gasteiger charge is 2.19. The van der Waals surface area contributed by atoms with Gasteiger partial charge >= 0.3 is 0 Å². The van der Waals surface area contributed by atoms with Gasteiger partial charge in [0.05, 0.1) is 12.8 Å². The van der Waals surface area contributed by atoms with Crippen LogP contribution in [0.3, 0.4) is 0 Å². The Bertz CT molecular complexity index is 557. The Balaban J connectivity index is 2.05. The number of rotatable bonds is 2. The van der Waals surface area contributed by atoms with Crippen LogP contribution >= 0.6 is 0 Å². The summed E-state index contributed by atoms with van der Waals surface area (Å²) >= 11 is 0. The fourth-order valence-corrected chi connectivity index (χ4v) is 2.48. The molecule has 0 radical (unpaired) electrons. The summed E-state index contributed by atoms with van der Waals surface area (Å²) in [4.78, 5) is 0. The van der Waals surface area contributed by atoms with Crippen molar-refractivity contribution in [3.05, 3.63) is 29.8 Å². The highest BCUT2D eigenvalue weighted by molar-refractivity contribution is 5.70. The van der Waals surface area contributed by atoms with Crippen LogP contribution in [0.15, 0.2) is 24.3 Å². The van der Waals surface area contributed by atoms with E-state index in [1.807, 2.05) is 23.9 Å². The van der Waals surface area contributed by atoms with E-state index >= 15 is 0 Å². The Hall–Kier alpha value is -1.97. The van der Waals surface area contributed by atoms with Crippen LogP contribution in [-0.4, -0.2) is 23.4 Å². The molecule has 4 heteroatoms. The average molecular weight is 243 g/mol. The molecule has 0 unspecified atom stereocenters. The maximum Gasteiger partial charge on any atom is 0.127 e. The number of aryl methyl sites for hydroxylation is 1. The number of aromatic nitrogens is 2. The first-order chi connectivity index (χ1) is 8.79. The molecule has 0 saturated carbocycles. The van der Waals surface area contributed by atoms with Crippen LogP contribution in [0.4, 0.5) is 5.82 Å². The number of nitrogens with zero attached hydrogens (tertiary/aromatic N) is 2. The third-order valence-electron chi connectivity index (χ3n) is 3.40. The second-order valence-corrected chi connectivity index (χ2v) is 4.56. The number of hydrogen-bond donors (Lipinski definition) is 1. The monoisotopic (exact) mass is 243 g/mol. The van der Waals surface area contributed by atoms with Gasteiger partial charge in [0.15, 0.2) is 0 Å². The maximum absolute atomic E-state index is 5.18. The molecule has 1 aromatic carbocycles. The van der Waals surface area contributed by atoms with Crippen molar-refractivity contribution in [3.63, 3.8) is 0 Å². The standard InChI is InChI=1S/C14H17N3O/c1-17-14-12(4-3-9-15-14)13(16-17)10-5-7-11(18-2)8-6-10/h5-8,15H,3-4,9H2,1-2H3. The maximum atomic E-state index is 5.18. The zero-order valence-corrected chi connectivity index (χ0v) is 10.7. The molecule has 0 amide bonds. The van der Waals surface area contributed by atoms with E-state index in [1.54, 1.807) is 7.11 Å². The molecular formula is C14H17N3O. The highest BCUT2D eigenvalue weighted by atomic mass is 16.5. The second kappa shape index (κ2) is 4.37. The van der Waals surface area contributed by atoms with Crippen molar-refractivity contribution < 1.29 is 4.74 Å². The molecule has 0 saturated heterocycles. The van der Waals surface area contributed by atoms with Crippen molar-refractivity contribution in [2.45, 2.75) is 12.8 Å². The molecule has 18 heavy (non-hydrogen) atoms. The predicted octanol–water partition coefficient (Wildman–Crippen LogP) is 2.45. The minimum atomic E-state index is 0.877. The molecule has 1 aromatic heterocycles. The number of benzene rings is 1. The number of hydrogen-bond acceptors (Lipinski definition) is 3. The highest BCUT2D eigenvalue weighted by Crippen LogP contribution is 2.32. The summed E-state index contributed by atoms with van der Waals surface area (Å²) < 4.78 is 7.12. The van der Waals surface area contributed by atoms with Gasteiger partial charge in [-0.1, -0.05) is 0 Å². The van der Waals surface area contributed by atoms with Crippen molar-refractivity contribution in [3.8, 4) is 17.0 Å². The van der Waals surface area contributed by atoms with Gasteiger partial charge in [-0.25, -0.2) is 0 Å². The zero-order chi connectivity index (χ0) is 12.5. The Morgan fingerprint density at radius 3 is 2.78 bits per heavy atom. The molecule has 94 valence electrons. The van der Waals surface area contributed by atoms with Gasteiger partial charge in [-0.15, -0.1) is 0 Å². The molecular weight excluding hydrogens is 226 g/mol. The summed E-state index contributed by atoms with van der Waals surface area (Å²) in [5.74, 6) is 2.04. The van der Waals surface area contributed by atoms with E-state index in [0.29, 0.717) is 0 Å². The fourth-order valence-electron chi connectivity index (χ4n) is 2.48. The number of methoxy groups -OCH3 is 1. The van der Waals surface area contributed by atoms with Gasteiger partial charge in [-0.2, -0.15) is 5.10 Å². The Morgan fingerprint density at radius 2 is 2.06 bits per heavy atom. The zero-order valence-electron chi connectivity index (χ0n) is 10.7. The normalized spacial score (nSPS) is 13.9. The van der Waals surface area contributed by atoms with E-state index in [4.69, 9.17) is 4.74 Å². The van der Waals surface area contributed by atoms with Gasteiger partial charge in [0.2, 0.25) is 0 Å². The number of nitrogens with one attached hydrogen (secondary N) is 1. The van der Waals surface area contributed by atoms with E-state index < -0.39 is 0 Å². The molecule has 1 N–H and O–H groups in total. The first-order valence-electron chi connectivity index (χ1n) is 6.24. The summed E-state index contributed by atoms with van der Waals surface area (Å²) in [5, 5.41) is 8.05. The van der Waals surface area contributed by atoms with Gasteiger partial charge < -0.3 is 10.1 Å². The van der Waals surface area contributed by atoms with Crippen LogP contribution in [0.2, 0.25) is 0 Å². The van der Waals surface area contributed by atoms with Crippen LogP contribution in [0.1, 0.15) is 12.0 Å². The van der Waals surface area contributed by atoms with Crippen LogP contribution < -0.4 is 10.1 Å². The summed E-state index contributed by atoms with van der Waals surface area (Å²) in [5.41, 5.74) is 3.56. The Morgan fingerprint density at radius 1 is 1.28 bits per heavy atom. The Labute approximate surface area is 107 Å². The smallest absolute Gasteiger partial charge is 0.127 e. The SMILES string of the molecule is COc1ccc(-c2nn(C)c3c2CCCN3)cc1. The van der Waals surface area contributed by atoms with E-state index in [9.17, 15) is 0 Å². The molecule has 3 rings (SSSR count). The molecule has 2 heterocycles. The lowest BCUT2D eigenvalue weighted by Crippen LogP contribution is -2.13. The molecule has 0 spiro atoms. The van der Waals surface area contributed by atoms with Crippen molar-refractivity contribution in [1.82, 2.24) is 9.78 Å². The lowest BCUT2D eigenvalue weighted by Gasteiger charge is -2.15. The van der Waals surface area contributed by atoms with Gasteiger partial charge in [0.25, 0.3) is 0 Å². The largest absolute Gasteiger partial charge is 0.497 e. The third-order valence-corrected chi connectivity index (χ3v) is 3.40. The molecule has 4 nitrogen and oxygen atoms in total. The number of fused-ring (bicyclic) bond motifs is 1. The molecule has 0 atom stereocenters. The van der Waals surface area contributed by atoms with Gasteiger partial charge in [-0.05, 0) is 37.1 Å². The van der Waals surface area contributed by atoms with Crippen molar-refractivity contribution >= 4 is 5.82 Å². The van der Waals surface area contributed by atoms with Crippen molar-refractivity contribution in [2.24, 2.45) is 7.05 Å². The third kappa shape index (κ3) is 1.74. The topological polar surface area (TPSA) is 39.1 Å². The summed E-state index contributed by atoms with van der Waals surface area (Å²) in [6.07, 6.45) is 2.26. The van der Waals surface area contributed by atoms with E-state index in [1.165, 1.54) is 12.0 Å². The average Bonchev–Trinajstić information content (AvgIpc) is 2.77.